The van der Waals surface area contributed by atoms with Crippen LogP contribution in [-0.2, 0) is 28.6 Å². The highest BCUT2D eigenvalue weighted by atomic mass is 16.6. The van der Waals surface area contributed by atoms with E-state index in [4.69, 9.17) is 14.2 Å². The van der Waals surface area contributed by atoms with E-state index in [0.717, 1.165) is 103 Å². The fourth-order valence-electron chi connectivity index (χ4n) is 10.9. The van der Waals surface area contributed by atoms with Crippen molar-refractivity contribution in [2.24, 2.45) is 0 Å². The number of hydrogen-bond acceptors (Lipinski definition) is 6. The first kappa shape index (κ1) is 79.1. The minimum absolute atomic E-state index is 0.0769. The van der Waals surface area contributed by atoms with E-state index < -0.39 is 6.10 Å². The molecule has 0 rings (SSSR count). The number of allylic oxidation sites excluding steroid dienone is 10. The molecule has 0 bridgehead atoms. The third kappa shape index (κ3) is 67.9. The highest BCUT2D eigenvalue weighted by Gasteiger charge is 2.19. The van der Waals surface area contributed by atoms with Gasteiger partial charge in [-0.3, -0.25) is 14.4 Å². The predicted octanol–water partition coefficient (Wildman–Crippen LogP) is 25.1. The molecule has 0 fully saturated rings. The van der Waals surface area contributed by atoms with E-state index in [2.05, 4.69) is 81.5 Å². The summed E-state index contributed by atoms with van der Waals surface area (Å²) in [5, 5.41) is 0. The summed E-state index contributed by atoms with van der Waals surface area (Å²) < 4.78 is 16.9. The van der Waals surface area contributed by atoms with Gasteiger partial charge in [-0.2, -0.15) is 0 Å². The van der Waals surface area contributed by atoms with Gasteiger partial charge < -0.3 is 14.2 Å². The summed E-state index contributed by atoms with van der Waals surface area (Å²) >= 11 is 0. The lowest BCUT2D eigenvalue weighted by Gasteiger charge is -2.18. The van der Waals surface area contributed by atoms with Crippen molar-refractivity contribution in [2.75, 3.05) is 13.2 Å². The topological polar surface area (TPSA) is 78.9 Å². The maximum atomic E-state index is 12.9. The van der Waals surface area contributed by atoms with Gasteiger partial charge in [-0.15, -0.1) is 0 Å². The molecule has 82 heavy (non-hydrogen) atoms. The Hall–Kier alpha value is -2.89. The molecule has 6 nitrogen and oxygen atoms in total. The molecule has 6 heteroatoms. The summed E-state index contributed by atoms with van der Waals surface area (Å²) in [4.78, 5) is 38.3. The van der Waals surface area contributed by atoms with Crippen molar-refractivity contribution in [2.45, 2.75) is 393 Å². The SMILES string of the molecule is CC/C=C\C/C=C\C/C=C\C/C=C\CCCCCCCCCCC(=O)OC(COC(=O)CCCCCCC/C=C\CCC)COC(=O)CCCCCCCCCCCCCCCCCCCCCCCCCCCCCCCCCCC. The second-order valence-electron chi connectivity index (χ2n) is 24.5. The number of hydrogen-bond donors (Lipinski definition) is 0. The number of carbonyl (C=O) groups is 3. The Morgan fingerprint density at radius 1 is 0.256 bits per heavy atom. The molecule has 0 N–H and O–H groups in total. The molecule has 0 heterocycles. The van der Waals surface area contributed by atoms with Crippen molar-refractivity contribution >= 4 is 17.9 Å². The van der Waals surface area contributed by atoms with Crippen molar-refractivity contribution in [1.29, 1.82) is 0 Å². The zero-order valence-corrected chi connectivity index (χ0v) is 55.0. The third-order valence-electron chi connectivity index (χ3n) is 16.2. The average Bonchev–Trinajstić information content (AvgIpc) is 3.47. The maximum Gasteiger partial charge on any atom is 0.306 e. The lowest BCUT2D eigenvalue weighted by molar-refractivity contribution is -0.167. The molecule has 0 aromatic carbocycles. The lowest BCUT2D eigenvalue weighted by atomic mass is 10.0. The second kappa shape index (κ2) is 70.6. The monoisotopic (exact) mass is 1150 g/mol. The summed E-state index contributed by atoms with van der Waals surface area (Å²) in [6.07, 6.45) is 91.5. The van der Waals surface area contributed by atoms with Gasteiger partial charge >= 0.3 is 17.9 Å². The fourth-order valence-corrected chi connectivity index (χ4v) is 10.9. The van der Waals surface area contributed by atoms with Crippen molar-refractivity contribution in [3.8, 4) is 0 Å². The molecule has 1 unspecified atom stereocenters. The van der Waals surface area contributed by atoms with E-state index >= 15 is 0 Å². The summed E-state index contributed by atoms with van der Waals surface area (Å²) in [5.41, 5.74) is 0. The quantitative estimate of drug-likeness (QED) is 0.0261. The molecule has 0 aromatic rings. The Balaban J connectivity index is 4.07. The Morgan fingerprint density at radius 2 is 0.500 bits per heavy atom. The first-order valence-corrected chi connectivity index (χ1v) is 36.3. The smallest absolute Gasteiger partial charge is 0.306 e. The van der Waals surface area contributed by atoms with Gasteiger partial charge in [-0.25, -0.2) is 0 Å². The molecule has 1 atom stereocenters. The third-order valence-corrected chi connectivity index (χ3v) is 16.2. The van der Waals surface area contributed by atoms with E-state index in [1.807, 2.05) is 0 Å². The number of ether oxygens (including phenoxy) is 3. The van der Waals surface area contributed by atoms with Crippen molar-refractivity contribution in [1.82, 2.24) is 0 Å². The van der Waals surface area contributed by atoms with Crippen LogP contribution in [0, 0.1) is 0 Å². The standard InChI is InChI=1S/C76H138O6/c1-4-7-10-13-16-19-22-24-26-28-30-32-33-34-35-36-37-38-39-40-41-42-43-45-46-48-50-52-54-57-60-63-66-69-75(78)81-72-73(71-80-74(77)68-65-62-59-56-21-18-15-12-9-6-3)82-76(79)70-67-64-61-58-55-53-51-49-47-44-31-29-27-25-23-20-17-14-11-8-5-2/h8,11-12,15,17,20,25,27,31,44,73H,4-7,9-10,13-14,16,18-19,21-24,26,28-30,32-43,45-72H2,1-3H3/b11-8-,15-12-,20-17-,27-25-,44-31-. The van der Waals surface area contributed by atoms with Gasteiger partial charge in [0, 0.05) is 19.3 Å². The van der Waals surface area contributed by atoms with Crippen LogP contribution in [-0.4, -0.2) is 37.2 Å². The minimum Gasteiger partial charge on any atom is -0.462 e. The van der Waals surface area contributed by atoms with Crippen LogP contribution in [0.15, 0.2) is 60.8 Å². The molecule has 0 saturated heterocycles. The molecule has 0 aliphatic heterocycles. The molecule has 0 aliphatic rings. The Kier molecular flexibility index (Phi) is 68.1. The van der Waals surface area contributed by atoms with Crippen LogP contribution in [0.5, 0.6) is 0 Å². The van der Waals surface area contributed by atoms with Crippen LogP contribution in [0.3, 0.4) is 0 Å². The number of unbranched alkanes of at least 4 members (excludes halogenated alkanes) is 46. The van der Waals surface area contributed by atoms with Gasteiger partial charge in [-0.05, 0) is 77.0 Å². The summed E-state index contributed by atoms with van der Waals surface area (Å²) in [6, 6.07) is 0. The van der Waals surface area contributed by atoms with Crippen LogP contribution in [0.1, 0.15) is 387 Å². The highest BCUT2D eigenvalue weighted by molar-refractivity contribution is 5.71. The van der Waals surface area contributed by atoms with Gasteiger partial charge in [0.25, 0.3) is 0 Å². The highest BCUT2D eigenvalue weighted by Crippen LogP contribution is 2.19. The van der Waals surface area contributed by atoms with Crippen molar-refractivity contribution in [3.05, 3.63) is 60.8 Å². The normalized spacial score (nSPS) is 12.4. The summed E-state index contributed by atoms with van der Waals surface area (Å²) in [6.45, 7) is 6.51. The van der Waals surface area contributed by atoms with Crippen molar-refractivity contribution < 1.29 is 28.6 Å². The Labute approximate surface area is 510 Å². The number of esters is 3. The van der Waals surface area contributed by atoms with E-state index in [0.29, 0.717) is 19.3 Å². The van der Waals surface area contributed by atoms with Gasteiger partial charge in [0.05, 0.1) is 0 Å². The van der Waals surface area contributed by atoms with Gasteiger partial charge in [-0.1, -0.05) is 351 Å². The van der Waals surface area contributed by atoms with Gasteiger partial charge in [0.2, 0.25) is 0 Å². The van der Waals surface area contributed by atoms with Crippen molar-refractivity contribution in [3.63, 3.8) is 0 Å². The lowest BCUT2D eigenvalue weighted by Crippen LogP contribution is -2.30. The molecule has 0 aromatic heterocycles. The summed E-state index contributed by atoms with van der Waals surface area (Å²) in [7, 11) is 0. The first-order chi connectivity index (χ1) is 40.5. The van der Waals surface area contributed by atoms with E-state index in [1.165, 1.54) is 244 Å². The van der Waals surface area contributed by atoms with E-state index in [9.17, 15) is 14.4 Å². The maximum absolute atomic E-state index is 12.9. The average molecular weight is 1150 g/mol. The zero-order chi connectivity index (χ0) is 59.2. The molecule has 0 spiro atoms. The van der Waals surface area contributed by atoms with E-state index in [1.54, 1.807) is 0 Å². The molecular weight excluding hydrogens is 1010 g/mol. The van der Waals surface area contributed by atoms with Crippen LogP contribution < -0.4 is 0 Å². The van der Waals surface area contributed by atoms with Crippen LogP contribution in [0.2, 0.25) is 0 Å². The fraction of sp³-hybridized carbons (Fsp3) is 0.829. The van der Waals surface area contributed by atoms with Crippen LogP contribution in [0.25, 0.3) is 0 Å². The van der Waals surface area contributed by atoms with Crippen LogP contribution in [0.4, 0.5) is 0 Å². The molecule has 0 aliphatic carbocycles. The molecular formula is C76H138O6. The van der Waals surface area contributed by atoms with Gasteiger partial charge in [0.1, 0.15) is 13.2 Å². The first-order valence-electron chi connectivity index (χ1n) is 36.3. The number of rotatable bonds is 67. The minimum atomic E-state index is -0.782. The zero-order valence-electron chi connectivity index (χ0n) is 55.0. The molecule has 0 saturated carbocycles. The second-order valence-corrected chi connectivity index (χ2v) is 24.5. The number of carbonyl (C=O) groups excluding carboxylic acids is 3. The largest absolute Gasteiger partial charge is 0.462 e. The Bertz CT molecular complexity index is 1460. The summed E-state index contributed by atoms with van der Waals surface area (Å²) in [5.74, 6) is -0.876. The van der Waals surface area contributed by atoms with Gasteiger partial charge in [0.15, 0.2) is 6.10 Å². The predicted molar refractivity (Wildman–Crippen MR) is 358 cm³/mol. The van der Waals surface area contributed by atoms with Crippen LogP contribution >= 0.6 is 0 Å². The molecule has 478 valence electrons. The van der Waals surface area contributed by atoms with E-state index in [-0.39, 0.29) is 31.1 Å². The molecule has 0 amide bonds. The molecule has 0 radical (unpaired) electrons. The Morgan fingerprint density at radius 3 is 0.805 bits per heavy atom.